The van der Waals surface area contributed by atoms with E-state index in [1.165, 1.54) is 6.07 Å². The average molecular weight is 292 g/mol. The fourth-order valence-electron chi connectivity index (χ4n) is 1.77. The van der Waals surface area contributed by atoms with Crippen molar-refractivity contribution in [1.82, 2.24) is 0 Å². The molecule has 2 rings (SSSR count). The first-order valence-electron chi connectivity index (χ1n) is 6.05. The summed E-state index contributed by atoms with van der Waals surface area (Å²) < 4.78 is 22.7. The Labute approximate surface area is 120 Å². The number of hydrogen-bond acceptors (Lipinski definition) is 4. The number of ether oxygens (including phenoxy) is 1. The zero-order chi connectivity index (χ0) is 14.7. The minimum Gasteiger partial charge on any atom is -0.508 e. The van der Waals surface area contributed by atoms with Crippen LogP contribution < -0.4 is 8.92 Å². The third-order valence-electron chi connectivity index (χ3n) is 2.90. The molecule has 2 aromatic rings. The van der Waals surface area contributed by atoms with Crippen LogP contribution >= 0.6 is 0 Å². The molecule has 0 aliphatic rings. The van der Waals surface area contributed by atoms with Gasteiger partial charge >= 0.3 is 0 Å². The lowest BCUT2D eigenvalue weighted by atomic mass is 10.2. The van der Waals surface area contributed by atoms with Crippen LogP contribution in [0.5, 0.6) is 17.2 Å². The minimum atomic E-state index is -1.62. The lowest BCUT2D eigenvalue weighted by Gasteiger charge is -2.09. The van der Waals surface area contributed by atoms with Gasteiger partial charge in [-0.25, -0.2) is 4.21 Å². The molecule has 20 heavy (non-hydrogen) atoms. The zero-order valence-electron chi connectivity index (χ0n) is 11.5. The molecule has 0 radical (unpaired) electrons. The van der Waals surface area contributed by atoms with Crippen molar-refractivity contribution in [2.75, 3.05) is 7.11 Å². The summed E-state index contributed by atoms with van der Waals surface area (Å²) >= 11 is -1.62. The van der Waals surface area contributed by atoms with Crippen molar-refractivity contribution in [2.45, 2.75) is 18.7 Å². The third kappa shape index (κ3) is 3.11. The van der Waals surface area contributed by atoms with E-state index in [0.29, 0.717) is 16.2 Å². The molecule has 1 N–H and O–H groups in total. The maximum atomic E-state index is 12.1. The zero-order valence-corrected chi connectivity index (χ0v) is 12.4. The van der Waals surface area contributed by atoms with Crippen LogP contribution in [0.2, 0.25) is 0 Å². The third-order valence-corrected chi connectivity index (χ3v) is 3.88. The van der Waals surface area contributed by atoms with E-state index in [-0.39, 0.29) is 5.75 Å². The van der Waals surface area contributed by atoms with Gasteiger partial charge in [-0.3, -0.25) is 0 Å². The summed E-state index contributed by atoms with van der Waals surface area (Å²) in [5, 5.41) is 9.46. The number of rotatable bonds is 4. The molecule has 1 atom stereocenters. The highest BCUT2D eigenvalue weighted by Crippen LogP contribution is 2.25. The first-order chi connectivity index (χ1) is 9.51. The number of phenolic OH excluding ortho intramolecular Hbond substituents is 1. The van der Waals surface area contributed by atoms with Crippen LogP contribution in [0.15, 0.2) is 41.3 Å². The summed E-state index contributed by atoms with van der Waals surface area (Å²) in [6, 6.07) is 9.97. The highest BCUT2D eigenvalue weighted by Gasteiger charge is 2.09. The van der Waals surface area contributed by atoms with E-state index in [4.69, 9.17) is 8.92 Å². The monoisotopic (exact) mass is 292 g/mol. The van der Waals surface area contributed by atoms with Gasteiger partial charge < -0.3 is 14.0 Å². The number of aromatic hydroxyl groups is 1. The molecule has 0 heterocycles. The van der Waals surface area contributed by atoms with Crippen molar-refractivity contribution in [1.29, 1.82) is 0 Å². The summed E-state index contributed by atoms with van der Waals surface area (Å²) in [7, 11) is 1.60. The molecular weight excluding hydrogens is 276 g/mol. The topological polar surface area (TPSA) is 55.8 Å². The normalized spacial score (nSPS) is 11.9. The van der Waals surface area contributed by atoms with Crippen LogP contribution in [0, 0.1) is 13.8 Å². The maximum Gasteiger partial charge on any atom is 0.240 e. The van der Waals surface area contributed by atoms with E-state index in [1.54, 1.807) is 44.4 Å². The molecule has 5 heteroatoms. The molecule has 0 aliphatic carbocycles. The maximum absolute atomic E-state index is 12.1. The Morgan fingerprint density at radius 3 is 2.40 bits per heavy atom. The van der Waals surface area contributed by atoms with Crippen molar-refractivity contribution < 1.29 is 18.2 Å². The Bertz CT molecular complexity index is 652. The van der Waals surface area contributed by atoms with Crippen LogP contribution in [0.25, 0.3) is 0 Å². The molecule has 106 valence electrons. The molecule has 0 aliphatic heterocycles. The summed E-state index contributed by atoms with van der Waals surface area (Å²) in [6.45, 7) is 3.63. The number of benzene rings is 2. The van der Waals surface area contributed by atoms with Gasteiger partial charge in [-0.1, -0.05) is 0 Å². The summed E-state index contributed by atoms with van der Waals surface area (Å²) in [4.78, 5) is 0.508. The number of hydrogen-bond donors (Lipinski definition) is 1. The van der Waals surface area contributed by atoms with E-state index in [0.717, 1.165) is 11.3 Å². The quantitative estimate of drug-likeness (QED) is 0.940. The summed E-state index contributed by atoms with van der Waals surface area (Å²) in [6.07, 6.45) is 0. The van der Waals surface area contributed by atoms with Crippen molar-refractivity contribution in [3.05, 3.63) is 47.5 Å². The van der Waals surface area contributed by atoms with Gasteiger partial charge in [0.15, 0.2) is 0 Å². The predicted octanol–water partition coefficient (Wildman–Crippen LogP) is 3.12. The first-order valence-corrected chi connectivity index (χ1v) is 7.13. The van der Waals surface area contributed by atoms with Crippen LogP contribution in [0.3, 0.4) is 0 Å². The molecule has 4 nitrogen and oxygen atoms in total. The molecule has 0 saturated carbocycles. The van der Waals surface area contributed by atoms with Gasteiger partial charge in [-0.2, -0.15) is 0 Å². The average Bonchev–Trinajstić information content (AvgIpc) is 2.42. The molecule has 0 amide bonds. The number of phenols is 1. The Hall–Kier alpha value is -2.01. The van der Waals surface area contributed by atoms with E-state index in [9.17, 15) is 9.32 Å². The van der Waals surface area contributed by atoms with Crippen LogP contribution in [-0.4, -0.2) is 16.4 Å². The second kappa shape index (κ2) is 5.96. The van der Waals surface area contributed by atoms with Gasteiger partial charge in [0, 0.05) is 0 Å². The van der Waals surface area contributed by atoms with Crippen molar-refractivity contribution in [2.24, 2.45) is 0 Å². The van der Waals surface area contributed by atoms with E-state index < -0.39 is 11.1 Å². The molecule has 0 spiro atoms. The lowest BCUT2D eigenvalue weighted by molar-refractivity contribution is 0.411. The Kier molecular flexibility index (Phi) is 4.29. The summed E-state index contributed by atoms with van der Waals surface area (Å²) in [5.74, 6) is 1.43. The standard InChI is InChI=1S/C15H16O4S/c1-10-9-13(5-6-14(10)16)20(17)19-12-4-7-15(18-3)11(2)8-12/h4-9,16H,1-3H3. The second-order valence-corrected chi connectivity index (χ2v) is 5.51. The fourth-order valence-corrected chi connectivity index (χ4v) is 2.60. The van der Waals surface area contributed by atoms with Crippen LogP contribution in [0.4, 0.5) is 0 Å². The van der Waals surface area contributed by atoms with E-state index in [2.05, 4.69) is 0 Å². The van der Waals surface area contributed by atoms with Gasteiger partial charge in [0.2, 0.25) is 11.1 Å². The lowest BCUT2D eigenvalue weighted by Crippen LogP contribution is -2.01. The van der Waals surface area contributed by atoms with Crippen LogP contribution in [0.1, 0.15) is 11.1 Å². The van der Waals surface area contributed by atoms with Gasteiger partial charge in [0.25, 0.3) is 0 Å². The van der Waals surface area contributed by atoms with Crippen molar-refractivity contribution in [3.63, 3.8) is 0 Å². The predicted molar refractivity (Wildman–Crippen MR) is 77.6 cm³/mol. The highest BCUT2D eigenvalue weighted by atomic mass is 32.2. The van der Waals surface area contributed by atoms with Crippen molar-refractivity contribution in [3.8, 4) is 17.2 Å². The Balaban J connectivity index is 2.19. The van der Waals surface area contributed by atoms with Gasteiger partial charge in [-0.15, -0.1) is 0 Å². The van der Waals surface area contributed by atoms with E-state index >= 15 is 0 Å². The fraction of sp³-hybridized carbons (Fsp3) is 0.200. The van der Waals surface area contributed by atoms with Crippen LogP contribution in [-0.2, 0) is 11.1 Å². The Morgan fingerprint density at radius 1 is 1.05 bits per heavy atom. The second-order valence-electron chi connectivity index (χ2n) is 4.40. The van der Waals surface area contributed by atoms with Gasteiger partial charge in [-0.05, 0) is 61.4 Å². The van der Waals surface area contributed by atoms with Crippen molar-refractivity contribution >= 4 is 11.1 Å². The number of methoxy groups -OCH3 is 1. The first kappa shape index (κ1) is 14.4. The Morgan fingerprint density at radius 2 is 1.80 bits per heavy atom. The minimum absolute atomic E-state index is 0.172. The highest BCUT2D eigenvalue weighted by molar-refractivity contribution is 7.80. The molecule has 0 bridgehead atoms. The molecule has 2 aromatic carbocycles. The summed E-state index contributed by atoms with van der Waals surface area (Å²) in [5.41, 5.74) is 1.56. The smallest absolute Gasteiger partial charge is 0.240 e. The largest absolute Gasteiger partial charge is 0.508 e. The molecule has 0 aromatic heterocycles. The van der Waals surface area contributed by atoms with Gasteiger partial charge in [0.05, 0.1) is 12.0 Å². The SMILES string of the molecule is COc1ccc(OS(=O)c2ccc(O)c(C)c2)cc1C. The molecule has 0 saturated heterocycles. The molecule has 1 unspecified atom stereocenters. The molecular formula is C15H16O4S. The molecule has 0 fully saturated rings. The van der Waals surface area contributed by atoms with Gasteiger partial charge in [0.1, 0.15) is 17.2 Å². The van der Waals surface area contributed by atoms with E-state index in [1.807, 2.05) is 6.92 Å². The number of aryl methyl sites for hydroxylation is 2.